The van der Waals surface area contributed by atoms with Crippen molar-refractivity contribution in [3.8, 4) is 0 Å². The van der Waals surface area contributed by atoms with E-state index in [-0.39, 0.29) is 12.5 Å². The summed E-state index contributed by atoms with van der Waals surface area (Å²) in [6.07, 6.45) is 3.03. The van der Waals surface area contributed by atoms with Crippen molar-refractivity contribution >= 4 is 33.5 Å². The first-order chi connectivity index (χ1) is 9.44. The lowest BCUT2D eigenvalue weighted by molar-refractivity contribution is -0.148. The highest BCUT2D eigenvalue weighted by Gasteiger charge is 2.41. The van der Waals surface area contributed by atoms with Gasteiger partial charge in [0.2, 0.25) is 0 Å². The number of anilines is 1. The van der Waals surface area contributed by atoms with Gasteiger partial charge >= 0.3 is 5.97 Å². The number of nitrogen functional groups attached to an aromatic ring is 1. The number of hydrogen-bond acceptors (Lipinski definition) is 3. The van der Waals surface area contributed by atoms with E-state index in [1.807, 2.05) is 0 Å². The summed E-state index contributed by atoms with van der Waals surface area (Å²) in [4.78, 5) is 23.5. The number of aliphatic carboxylic acids is 1. The number of amides is 1. The van der Waals surface area contributed by atoms with Crippen LogP contribution in [0.3, 0.4) is 0 Å². The maximum absolute atomic E-state index is 12.1. The monoisotopic (exact) mass is 340 g/mol. The standard InChI is InChI=1S/C14H17BrN2O3/c15-10-7-9(3-4-11(10)16)12(18)17-8-14(13(19)20)5-1-2-6-14/h3-4,7H,1-2,5-6,8,16H2,(H,17,18)(H,19,20). The molecule has 1 fully saturated rings. The van der Waals surface area contributed by atoms with Crippen LogP contribution in [-0.2, 0) is 4.79 Å². The summed E-state index contributed by atoms with van der Waals surface area (Å²) in [7, 11) is 0. The van der Waals surface area contributed by atoms with Crippen molar-refractivity contribution < 1.29 is 14.7 Å². The molecule has 1 aromatic carbocycles. The van der Waals surface area contributed by atoms with Crippen molar-refractivity contribution in [3.05, 3.63) is 28.2 Å². The third kappa shape index (κ3) is 2.95. The Morgan fingerprint density at radius 1 is 1.35 bits per heavy atom. The van der Waals surface area contributed by atoms with Gasteiger partial charge in [-0.2, -0.15) is 0 Å². The Morgan fingerprint density at radius 2 is 2.00 bits per heavy atom. The Bertz CT molecular complexity index is 539. The number of carbonyl (C=O) groups is 2. The molecule has 1 aliphatic carbocycles. The smallest absolute Gasteiger partial charge is 0.311 e. The van der Waals surface area contributed by atoms with Crippen LogP contribution in [0.5, 0.6) is 0 Å². The Labute approximate surface area is 125 Å². The Kier molecular flexibility index (Phi) is 4.32. The summed E-state index contributed by atoms with van der Waals surface area (Å²) in [5.41, 5.74) is 5.88. The number of carboxylic acids is 1. The first kappa shape index (κ1) is 14.8. The summed E-state index contributed by atoms with van der Waals surface area (Å²) < 4.78 is 0.652. The van der Waals surface area contributed by atoms with E-state index in [0.29, 0.717) is 28.6 Å². The van der Waals surface area contributed by atoms with Gasteiger partial charge < -0.3 is 16.2 Å². The summed E-state index contributed by atoms with van der Waals surface area (Å²) >= 11 is 3.27. The predicted molar refractivity (Wildman–Crippen MR) is 79.4 cm³/mol. The SMILES string of the molecule is Nc1ccc(C(=O)NCC2(C(=O)O)CCCC2)cc1Br. The topological polar surface area (TPSA) is 92.4 Å². The van der Waals surface area contributed by atoms with Crippen LogP contribution in [0.4, 0.5) is 5.69 Å². The fourth-order valence-electron chi connectivity index (χ4n) is 2.54. The average Bonchev–Trinajstić information content (AvgIpc) is 2.89. The lowest BCUT2D eigenvalue weighted by Gasteiger charge is -2.24. The average molecular weight is 341 g/mol. The molecule has 1 aromatic rings. The van der Waals surface area contributed by atoms with E-state index >= 15 is 0 Å². The zero-order chi connectivity index (χ0) is 14.8. The number of carbonyl (C=O) groups excluding carboxylic acids is 1. The zero-order valence-electron chi connectivity index (χ0n) is 11.0. The normalized spacial score (nSPS) is 16.9. The van der Waals surface area contributed by atoms with Crippen molar-refractivity contribution in [2.45, 2.75) is 25.7 Å². The molecule has 1 saturated carbocycles. The molecule has 0 spiro atoms. The first-order valence-corrected chi connectivity index (χ1v) is 7.30. The van der Waals surface area contributed by atoms with E-state index in [4.69, 9.17) is 5.73 Å². The van der Waals surface area contributed by atoms with Crippen LogP contribution >= 0.6 is 15.9 Å². The van der Waals surface area contributed by atoms with Gasteiger partial charge in [-0.25, -0.2) is 0 Å². The van der Waals surface area contributed by atoms with Crippen LogP contribution in [0.1, 0.15) is 36.0 Å². The molecule has 108 valence electrons. The minimum absolute atomic E-state index is 0.170. The molecule has 1 aliphatic rings. The first-order valence-electron chi connectivity index (χ1n) is 6.51. The van der Waals surface area contributed by atoms with E-state index in [0.717, 1.165) is 12.8 Å². The second-order valence-corrected chi connectivity index (χ2v) is 6.07. The second kappa shape index (κ2) is 5.83. The van der Waals surface area contributed by atoms with Gasteiger partial charge in [-0.1, -0.05) is 12.8 Å². The molecular formula is C14H17BrN2O3. The van der Waals surface area contributed by atoms with Crippen LogP contribution in [0.15, 0.2) is 22.7 Å². The fourth-order valence-corrected chi connectivity index (χ4v) is 2.92. The Balaban J connectivity index is 2.04. The fraction of sp³-hybridized carbons (Fsp3) is 0.429. The van der Waals surface area contributed by atoms with Gasteiger partial charge in [0.05, 0.1) is 5.41 Å². The maximum atomic E-state index is 12.1. The minimum atomic E-state index is -0.825. The van der Waals surface area contributed by atoms with Crippen molar-refractivity contribution in [2.24, 2.45) is 5.41 Å². The molecule has 5 nitrogen and oxygen atoms in total. The van der Waals surface area contributed by atoms with Gasteiger partial charge in [-0.15, -0.1) is 0 Å². The van der Waals surface area contributed by atoms with E-state index in [1.54, 1.807) is 18.2 Å². The number of nitrogens with two attached hydrogens (primary N) is 1. The Morgan fingerprint density at radius 3 is 2.55 bits per heavy atom. The summed E-state index contributed by atoms with van der Waals surface area (Å²) in [5.74, 6) is -1.10. The van der Waals surface area contributed by atoms with Crippen LogP contribution in [0, 0.1) is 5.41 Å². The molecular weight excluding hydrogens is 324 g/mol. The number of hydrogen-bond donors (Lipinski definition) is 3. The molecule has 0 bridgehead atoms. The summed E-state index contributed by atoms with van der Waals surface area (Å²) in [6, 6.07) is 4.89. The summed E-state index contributed by atoms with van der Waals surface area (Å²) in [5, 5.41) is 12.1. The maximum Gasteiger partial charge on any atom is 0.311 e. The molecule has 0 saturated heterocycles. The van der Waals surface area contributed by atoms with Gasteiger partial charge in [-0.05, 0) is 47.0 Å². The molecule has 20 heavy (non-hydrogen) atoms. The van der Waals surface area contributed by atoms with Gasteiger partial charge in [-0.3, -0.25) is 9.59 Å². The van der Waals surface area contributed by atoms with E-state index in [9.17, 15) is 14.7 Å². The number of nitrogens with one attached hydrogen (secondary N) is 1. The van der Waals surface area contributed by atoms with Crippen molar-refractivity contribution in [3.63, 3.8) is 0 Å². The number of benzene rings is 1. The van der Waals surface area contributed by atoms with Gasteiger partial charge in [0, 0.05) is 22.3 Å². The molecule has 0 aromatic heterocycles. The lowest BCUT2D eigenvalue weighted by Crippen LogP contribution is -2.41. The molecule has 0 heterocycles. The van der Waals surface area contributed by atoms with Crippen molar-refractivity contribution in [2.75, 3.05) is 12.3 Å². The van der Waals surface area contributed by atoms with E-state index in [1.165, 1.54) is 0 Å². The highest BCUT2D eigenvalue weighted by Crippen LogP contribution is 2.37. The van der Waals surface area contributed by atoms with Crippen LogP contribution in [-0.4, -0.2) is 23.5 Å². The van der Waals surface area contributed by atoms with Crippen LogP contribution in [0.2, 0.25) is 0 Å². The highest BCUT2D eigenvalue weighted by molar-refractivity contribution is 9.10. The van der Waals surface area contributed by atoms with Gasteiger partial charge in [0.25, 0.3) is 5.91 Å². The zero-order valence-corrected chi connectivity index (χ0v) is 12.6. The molecule has 0 atom stereocenters. The van der Waals surface area contributed by atoms with Crippen molar-refractivity contribution in [1.29, 1.82) is 0 Å². The van der Waals surface area contributed by atoms with Crippen LogP contribution < -0.4 is 11.1 Å². The predicted octanol–water partition coefficient (Wildman–Crippen LogP) is 2.41. The molecule has 6 heteroatoms. The second-order valence-electron chi connectivity index (χ2n) is 5.21. The quantitative estimate of drug-likeness (QED) is 0.734. The summed E-state index contributed by atoms with van der Waals surface area (Å²) in [6.45, 7) is 0.170. The molecule has 0 aliphatic heterocycles. The van der Waals surface area contributed by atoms with Crippen molar-refractivity contribution in [1.82, 2.24) is 5.32 Å². The molecule has 4 N–H and O–H groups in total. The lowest BCUT2D eigenvalue weighted by atomic mass is 9.86. The highest BCUT2D eigenvalue weighted by atomic mass is 79.9. The Hall–Kier alpha value is -1.56. The van der Waals surface area contributed by atoms with E-state index < -0.39 is 11.4 Å². The molecule has 1 amide bonds. The molecule has 2 rings (SSSR count). The van der Waals surface area contributed by atoms with Crippen LogP contribution in [0.25, 0.3) is 0 Å². The van der Waals surface area contributed by atoms with Gasteiger partial charge in [0.1, 0.15) is 0 Å². The largest absolute Gasteiger partial charge is 0.481 e. The molecule has 0 radical (unpaired) electrons. The third-order valence-electron chi connectivity index (χ3n) is 3.86. The van der Waals surface area contributed by atoms with E-state index in [2.05, 4.69) is 21.2 Å². The number of carboxylic acid groups (broad SMARTS) is 1. The van der Waals surface area contributed by atoms with Gasteiger partial charge in [0.15, 0.2) is 0 Å². The number of rotatable bonds is 4. The minimum Gasteiger partial charge on any atom is -0.481 e. The number of halogens is 1. The third-order valence-corrected chi connectivity index (χ3v) is 4.55. The molecule has 0 unspecified atom stereocenters.